The van der Waals surface area contributed by atoms with Gasteiger partial charge in [0.1, 0.15) is 5.82 Å². The molecular weight excluding hydrogens is 367 g/mol. The van der Waals surface area contributed by atoms with Crippen LogP contribution in [0.3, 0.4) is 0 Å². The summed E-state index contributed by atoms with van der Waals surface area (Å²) >= 11 is 1.30. The number of nitrogens with zero attached hydrogens (tertiary/aromatic N) is 1. The van der Waals surface area contributed by atoms with Crippen molar-refractivity contribution in [1.29, 1.82) is 0 Å². The molecular formula is C20H27FN2O3S. The number of fused-ring (bicyclic) bond motifs is 1. The molecule has 1 N–H and O–H groups in total. The number of carbonyl (C=O) groups excluding carboxylic acids is 1. The van der Waals surface area contributed by atoms with E-state index in [9.17, 15) is 9.18 Å². The van der Waals surface area contributed by atoms with Crippen molar-refractivity contribution in [1.82, 2.24) is 10.2 Å². The van der Waals surface area contributed by atoms with E-state index in [2.05, 4.69) is 24.1 Å². The maximum Gasteiger partial charge on any atom is 0.261 e. The third kappa shape index (κ3) is 4.85. The van der Waals surface area contributed by atoms with E-state index in [-0.39, 0.29) is 24.4 Å². The molecule has 148 valence electrons. The Kier molecular flexibility index (Phi) is 6.81. The first-order valence-electron chi connectivity index (χ1n) is 9.30. The Morgan fingerprint density at radius 1 is 1.48 bits per heavy atom. The minimum absolute atomic E-state index is 0.0292. The van der Waals surface area contributed by atoms with Crippen LogP contribution in [0.4, 0.5) is 4.39 Å². The molecule has 1 fully saturated rings. The fourth-order valence-corrected chi connectivity index (χ4v) is 4.64. The number of rotatable bonds is 7. The number of thiophene rings is 1. The maximum absolute atomic E-state index is 14.3. The van der Waals surface area contributed by atoms with Gasteiger partial charge in [-0.15, -0.1) is 11.3 Å². The van der Waals surface area contributed by atoms with Crippen LogP contribution in [0.25, 0.3) is 10.1 Å². The number of hydrogen-bond donors (Lipinski definition) is 1. The first-order valence-corrected chi connectivity index (χ1v) is 10.1. The van der Waals surface area contributed by atoms with Crippen molar-refractivity contribution in [2.24, 2.45) is 5.92 Å². The lowest BCUT2D eigenvalue weighted by Crippen LogP contribution is -2.48. The molecule has 7 heteroatoms. The van der Waals surface area contributed by atoms with Crippen LogP contribution in [0, 0.1) is 11.7 Å². The van der Waals surface area contributed by atoms with Crippen LogP contribution in [0.5, 0.6) is 0 Å². The molecule has 1 aromatic heterocycles. The summed E-state index contributed by atoms with van der Waals surface area (Å²) in [5.41, 5.74) is 0.610. The average Bonchev–Trinajstić information content (AvgIpc) is 3.00. The first kappa shape index (κ1) is 20.2. The summed E-state index contributed by atoms with van der Waals surface area (Å²) in [6, 6.07) is 4.90. The maximum atomic E-state index is 14.3. The Morgan fingerprint density at radius 2 is 2.30 bits per heavy atom. The molecule has 5 nitrogen and oxygen atoms in total. The van der Waals surface area contributed by atoms with E-state index in [1.165, 1.54) is 17.4 Å². The fourth-order valence-electron chi connectivity index (χ4n) is 3.51. The topological polar surface area (TPSA) is 50.8 Å². The molecule has 1 aliphatic rings. The summed E-state index contributed by atoms with van der Waals surface area (Å²) in [4.78, 5) is 15.7. The third-order valence-corrected chi connectivity index (χ3v) is 5.79. The minimum Gasteiger partial charge on any atom is -0.380 e. The highest BCUT2D eigenvalue weighted by Gasteiger charge is 2.24. The van der Waals surface area contributed by atoms with E-state index in [4.69, 9.17) is 9.47 Å². The van der Waals surface area contributed by atoms with Gasteiger partial charge in [-0.05, 0) is 18.1 Å². The van der Waals surface area contributed by atoms with Gasteiger partial charge in [0.2, 0.25) is 0 Å². The van der Waals surface area contributed by atoms with Crippen LogP contribution in [0.15, 0.2) is 18.2 Å². The average molecular weight is 395 g/mol. The zero-order chi connectivity index (χ0) is 19.4. The van der Waals surface area contributed by atoms with E-state index in [1.54, 1.807) is 13.2 Å². The molecule has 2 aromatic rings. The molecule has 0 bridgehead atoms. The molecule has 0 saturated carbocycles. The number of benzene rings is 1. The van der Waals surface area contributed by atoms with Crippen molar-refractivity contribution in [2.45, 2.75) is 26.6 Å². The molecule has 2 heterocycles. The zero-order valence-corrected chi connectivity index (χ0v) is 16.9. The van der Waals surface area contributed by atoms with E-state index < -0.39 is 0 Å². The molecule has 3 rings (SSSR count). The standard InChI is InChI=1S/C20H27FN2O3S/c1-13(2)10-23-7-8-26-14(11-23)9-22-20(24)19-15(12-25-3)18-16(21)5-4-6-17(18)27-19/h4-6,13-14H,7-12H2,1-3H3,(H,22,24). The Balaban J connectivity index is 1.69. The lowest BCUT2D eigenvalue weighted by atomic mass is 10.1. The summed E-state index contributed by atoms with van der Waals surface area (Å²) in [5.74, 6) is 0.0745. The normalized spacial score (nSPS) is 18.3. The van der Waals surface area contributed by atoms with E-state index in [0.29, 0.717) is 34.9 Å². The number of amides is 1. The van der Waals surface area contributed by atoms with Gasteiger partial charge in [0.25, 0.3) is 5.91 Å². The SMILES string of the molecule is COCc1c(C(=O)NCC2CN(CC(C)C)CCO2)sc2cccc(F)c12. The Bertz CT molecular complexity index is 793. The van der Waals surface area contributed by atoms with Crippen LogP contribution in [0.2, 0.25) is 0 Å². The minimum atomic E-state index is -0.324. The van der Waals surface area contributed by atoms with Crippen LogP contribution >= 0.6 is 11.3 Å². The summed E-state index contributed by atoms with van der Waals surface area (Å²) in [6.07, 6.45) is -0.0292. The Hall–Kier alpha value is -1.54. The van der Waals surface area contributed by atoms with Gasteiger partial charge in [0.05, 0.1) is 24.2 Å². The molecule has 0 spiro atoms. The lowest BCUT2D eigenvalue weighted by molar-refractivity contribution is -0.0295. The number of morpholine rings is 1. The van der Waals surface area contributed by atoms with Gasteiger partial charge in [-0.3, -0.25) is 9.69 Å². The Morgan fingerprint density at radius 3 is 3.04 bits per heavy atom. The molecule has 1 aromatic carbocycles. The molecule has 0 radical (unpaired) electrons. The number of ether oxygens (including phenoxy) is 2. The van der Waals surface area contributed by atoms with Crippen molar-refractivity contribution in [3.05, 3.63) is 34.5 Å². The second-order valence-corrected chi connectivity index (χ2v) is 8.36. The van der Waals surface area contributed by atoms with Gasteiger partial charge in [-0.25, -0.2) is 4.39 Å². The quantitative estimate of drug-likeness (QED) is 0.783. The van der Waals surface area contributed by atoms with Crippen LogP contribution in [0.1, 0.15) is 29.1 Å². The number of carbonyl (C=O) groups is 1. The summed E-state index contributed by atoms with van der Waals surface area (Å²) in [6.45, 7) is 8.48. The molecule has 1 atom stereocenters. The lowest BCUT2D eigenvalue weighted by Gasteiger charge is -2.33. The van der Waals surface area contributed by atoms with Crippen molar-refractivity contribution in [3.8, 4) is 0 Å². The van der Waals surface area contributed by atoms with Gasteiger partial charge < -0.3 is 14.8 Å². The van der Waals surface area contributed by atoms with Crippen molar-refractivity contribution in [3.63, 3.8) is 0 Å². The second kappa shape index (κ2) is 9.10. The number of nitrogens with one attached hydrogen (secondary N) is 1. The van der Waals surface area contributed by atoms with Crippen molar-refractivity contribution in [2.75, 3.05) is 39.9 Å². The molecule has 27 heavy (non-hydrogen) atoms. The molecule has 1 amide bonds. The van der Waals surface area contributed by atoms with Gasteiger partial charge in [0, 0.05) is 48.9 Å². The smallest absolute Gasteiger partial charge is 0.261 e. The van der Waals surface area contributed by atoms with Crippen LogP contribution in [-0.4, -0.2) is 56.8 Å². The largest absolute Gasteiger partial charge is 0.380 e. The summed E-state index contributed by atoms with van der Waals surface area (Å²) < 4.78 is 26.0. The van der Waals surface area contributed by atoms with Crippen molar-refractivity contribution >= 4 is 27.3 Å². The van der Waals surface area contributed by atoms with Gasteiger partial charge >= 0.3 is 0 Å². The molecule has 1 saturated heterocycles. The third-order valence-electron chi connectivity index (χ3n) is 4.59. The number of hydrogen-bond acceptors (Lipinski definition) is 5. The Labute approximate surface area is 163 Å². The first-order chi connectivity index (χ1) is 13.0. The monoisotopic (exact) mass is 394 g/mol. The number of methoxy groups -OCH3 is 1. The molecule has 1 aliphatic heterocycles. The van der Waals surface area contributed by atoms with Gasteiger partial charge in [-0.1, -0.05) is 19.9 Å². The zero-order valence-electron chi connectivity index (χ0n) is 16.1. The molecule has 0 aliphatic carbocycles. The van der Waals surface area contributed by atoms with E-state index >= 15 is 0 Å². The van der Waals surface area contributed by atoms with Gasteiger partial charge in [0.15, 0.2) is 0 Å². The predicted octanol–water partition coefficient (Wildman–Crippen LogP) is 3.27. The highest BCUT2D eigenvalue weighted by Crippen LogP contribution is 2.33. The highest BCUT2D eigenvalue weighted by molar-refractivity contribution is 7.21. The summed E-state index contributed by atoms with van der Waals surface area (Å²) in [7, 11) is 1.55. The molecule has 1 unspecified atom stereocenters. The van der Waals surface area contributed by atoms with E-state index in [0.717, 1.165) is 24.3 Å². The van der Waals surface area contributed by atoms with Gasteiger partial charge in [-0.2, -0.15) is 0 Å². The van der Waals surface area contributed by atoms with Crippen LogP contribution in [-0.2, 0) is 16.1 Å². The highest BCUT2D eigenvalue weighted by atomic mass is 32.1. The predicted molar refractivity (Wildman–Crippen MR) is 106 cm³/mol. The van der Waals surface area contributed by atoms with E-state index in [1.807, 2.05) is 6.07 Å². The second-order valence-electron chi connectivity index (χ2n) is 7.31. The summed E-state index contributed by atoms with van der Waals surface area (Å²) in [5, 5.41) is 3.44. The fraction of sp³-hybridized carbons (Fsp3) is 0.550. The van der Waals surface area contributed by atoms with Crippen LogP contribution < -0.4 is 5.32 Å². The van der Waals surface area contributed by atoms with Crippen molar-refractivity contribution < 1.29 is 18.7 Å². The number of halogens is 1.